The van der Waals surface area contributed by atoms with Crippen LogP contribution in [0.5, 0.6) is 0 Å². The van der Waals surface area contributed by atoms with Crippen LogP contribution in [-0.2, 0) is 19.1 Å². The molecule has 1 fully saturated rings. The summed E-state index contributed by atoms with van der Waals surface area (Å²) in [7, 11) is 0. The van der Waals surface area contributed by atoms with E-state index in [2.05, 4.69) is 5.32 Å². The van der Waals surface area contributed by atoms with E-state index in [4.69, 9.17) is 9.47 Å². The van der Waals surface area contributed by atoms with Crippen LogP contribution in [0.3, 0.4) is 0 Å². The predicted octanol–water partition coefficient (Wildman–Crippen LogP) is 1.78. The molecule has 0 spiro atoms. The van der Waals surface area contributed by atoms with Gasteiger partial charge in [-0.05, 0) is 32.8 Å². The van der Waals surface area contributed by atoms with E-state index in [1.807, 2.05) is 13.8 Å². The van der Waals surface area contributed by atoms with Gasteiger partial charge in [0.25, 0.3) is 0 Å². The molecule has 0 aliphatic carbocycles. The Kier molecular flexibility index (Phi) is 5.56. The number of nitrogens with one attached hydrogen (secondary N) is 1. The normalized spacial score (nSPS) is 21.9. The first kappa shape index (κ1) is 18.4. The van der Waals surface area contributed by atoms with Gasteiger partial charge in [-0.25, -0.2) is 4.79 Å². The maximum atomic E-state index is 12.6. The number of fused-ring (bicyclic) bond motifs is 1. The number of nitrogens with zero attached hydrogens (tertiary/aromatic N) is 1. The zero-order valence-corrected chi connectivity index (χ0v) is 15.1. The van der Waals surface area contributed by atoms with Crippen molar-refractivity contribution in [1.82, 2.24) is 10.2 Å². The van der Waals surface area contributed by atoms with Gasteiger partial charge in [-0.2, -0.15) is 0 Å². The Balaban J connectivity index is 1.64. The van der Waals surface area contributed by atoms with Crippen LogP contribution in [0.2, 0.25) is 0 Å². The number of likely N-dealkylation sites (tertiary alicyclic amines) is 1. The standard InChI is InChI=1S/C19H24N2O5/c1-12(2)25-11-5-10-20-17(23)15-8-9-16(22)21(15)18-13-6-3-4-7-14(13)19(24)26-18/h3-4,6-7,12,15,18H,5,8-11H2,1-2H3,(H,20,23)/t15-,18+/m0/s1. The van der Waals surface area contributed by atoms with Gasteiger partial charge < -0.3 is 14.8 Å². The SMILES string of the molecule is CC(C)OCCCNC(=O)[C@@H]1CCC(=O)N1[C@@H]1OC(=O)c2ccccc21. The third-order valence-corrected chi connectivity index (χ3v) is 4.55. The van der Waals surface area contributed by atoms with Gasteiger partial charge in [0, 0.05) is 25.1 Å². The maximum Gasteiger partial charge on any atom is 0.340 e. The highest BCUT2D eigenvalue weighted by Crippen LogP contribution is 2.38. The van der Waals surface area contributed by atoms with Gasteiger partial charge in [0.05, 0.1) is 11.7 Å². The first-order valence-electron chi connectivity index (χ1n) is 8.99. The molecule has 0 aromatic heterocycles. The second-order valence-corrected chi connectivity index (χ2v) is 6.76. The molecule has 0 radical (unpaired) electrons. The molecule has 0 unspecified atom stereocenters. The van der Waals surface area contributed by atoms with E-state index in [0.717, 1.165) is 0 Å². The first-order valence-corrected chi connectivity index (χ1v) is 8.99. The average molecular weight is 360 g/mol. The van der Waals surface area contributed by atoms with Gasteiger partial charge in [0.2, 0.25) is 18.0 Å². The van der Waals surface area contributed by atoms with Gasteiger partial charge in [-0.1, -0.05) is 18.2 Å². The molecule has 1 N–H and O–H groups in total. The Hall–Kier alpha value is -2.41. The van der Waals surface area contributed by atoms with Crippen LogP contribution >= 0.6 is 0 Å². The summed E-state index contributed by atoms with van der Waals surface area (Å²) in [5, 5.41) is 2.85. The molecular weight excluding hydrogens is 336 g/mol. The molecular formula is C19H24N2O5. The van der Waals surface area contributed by atoms with Crippen LogP contribution in [0.15, 0.2) is 24.3 Å². The molecule has 3 rings (SSSR count). The lowest BCUT2D eigenvalue weighted by molar-refractivity contribution is -0.145. The van der Waals surface area contributed by atoms with Gasteiger partial charge in [-0.15, -0.1) is 0 Å². The molecule has 26 heavy (non-hydrogen) atoms. The quantitative estimate of drug-likeness (QED) is 0.592. The lowest BCUT2D eigenvalue weighted by Crippen LogP contribution is -2.46. The second kappa shape index (κ2) is 7.86. The lowest BCUT2D eigenvalue weighted by Gasteiger charge is -2.29. The minimum Gasteiger partial charge on any atom is -0.433 e. The number of amides is 2. The topological polar surface area (TPSA) is 84.9 Å². The summed E-state index contributed by atoms with van der Waals surface area (Å²) in [4.78, 5) is 38.4. The molecule has 7 nitrogen and oxygen atoms in total. The molecule has 2 aliphatic heterocycles. The summed E-state index contributed by atoms with van der Waals surface area (Å²) in [6.07, 6.45) is 0.722. The van der Waals surface area contributed by atoms with E-state index in [1.54, 1.807) is 24.3 Å². The molecule has 2 aliphatic rings. The van der Waals surface area contributed by atoms with Crippen molar-refractivity contribution >= 4 is 17.8 Å². The fourth-order valence-corrected chi connectivity index (χ4v) is 3.31. The van der Waals surface area contributed by atoms with Crippen LogP contribution in [0.4, 0.5) is 0 Å². The van der Waals surface area contributed by atoms with Crippen LogP contribution in [-0.4, -0.2) is 48.0 Å². The summed E-state index contributed by atoms with van der Waals surface area (Å²) in [6.45, 7) is 4.96. The van der Waals surface area contributed by atoms with Crippen molar-refractivity contribution in [2.24, 2.45) is 0 Å². The number of benzene rings is 1. The molecule has 7 heteroatoms. The third-order valence-electron chi connectivity index (χ3n) is 4.55. The Bertz CT molecular complexity index is 703. The molecule has 0 saturated carbocycles. The highest BCUT2D eigenvalue weighted by molar-refractivity contribution is 5.96. The van der Waals surface area contributed by atoms with E-state index in [-0.39, 0.29) is 24.3 Å². The third kappa shape index (κ3) is 3.72. The Morgan fingerprint density at radius 3 is 2.88 bits per heavy atom. The fraction of sp³-hybridized carbons (Fsp3) is 0.526. The van der Waals surface area contributed by atoms with Gasteiger partial charge in [0.1, 0.15) is 6.04 Å². The van der Waals surface area contributed by atoms with Gasteiger partial charge in [-0.3, -0.25) is 14.5 Å². The summed E-state index contributed by atoms with van der Waals surface area (Å²) < 4.78 is 10.8. The zero-order valence-electron chi connectivity index (χ0n) is 15.1. The van der Waals surface area contributed by atoms with Crippen molar-refractivity contribution in [2.45, 2.75) is 51.5 Å². The van der Waals surface area contributed by atoms with Crippen LogP contribution in [0.25, 0.3) is 0 Å². The van der Waals surface area contributed by atoms with E-state index in [1.165, 1.54) is 4.90 Å². The van der Waals surface area contributed by atoms with Crippen molar-refractivity contribution < 1.29 is 23.9 Å². The molecule has 140 valence electrons. The number of ether oxygens (including phenoxy) is 2. The summed E-state index contributed by atoms with van der Waals surface area (Å²) >= 11 is 0. The van der Waals surface area contributed by atoms with Crippen LogP contribution in [0, 0.1) is 0 Å². The Morgan fingerprint density at radius 1 is 1.35 bits per heavy atom. The molecule has 1 saturated heterocycles. The van der Waals surface area contributed by atoms with E-state index in [0.29, 0.717) is 37.1 Å². The van der Waals surface area contributed by atoms with Crippen molar-refractivity contribution in [3.8, 4) is 0 Å². The number of carbonyl (C=O) groups is 3. The van der Waals surface area contributed by atoms with Crippen LogP contribution in [0.1, 0.15) is 55.3 Å². The lowest BCUT2D eigenvalue weighted by atomic mass is 10.1. The Labute approximate surface area is 152 Å². The van der Waals surface area contributed by atoms with Crippen molar-refractivity contribution in [3.05, 3.63) is 35.4 Å². The molecule has 1 aromatic rings. The first-order chi connectivity index (χ1) is 12.5. The zero-order chi connectivity index (χ0) is 18.7. The smallest absolute Gasteiger partial charge is 0.340 e. The van der Waals surface area contributed by atoms with Crippen molar-refractivity contribution in [2.75, 3.05) is 13.2 Å². The van der Waals surface area contributed by atoms with Crippen LogP contribution < -0.4 is 5.32 Å². The molecule has 1 aromatic carbocycles. The van der Waals surface area contributed by atoms with E-state index < -0.39 is 18.2 Å². The average Bonchev–Trinajstić information content (AvgIpc) is 3.15. The molecule has 2 atom stereocenters. The van der Waals surface area contributed by atoms with Crippen molar-refractivity contribution in [3.63, 3.8) is 0 Å². The predicted molar refractivity (Wildman–Crippen MR) is 93.2 cm³/mol. The molecule has 2 heterocycles. The van der Waals surface area contributed by atoms with E-state index in [9.17, 15) is 14.4 Å². The minimum atomic E-state index is -0.825. The van der Waals surface area contributed by atoms with Gasteiger partial charge >= 0.3 is 5.97 Å². The van der Waals surface area contributed by atoms with Gasteiger partial charge in [0.15, 0.2) is 0 Å². The number of esters is 1. The number of hydrogen-bond acceptors (Lipinski definition) is 5. The van der Waals surface area contributed by atoms with E-state index >= 15 is 0 Å². The summed E-state index contributed by atoms with van der Waals surface area (Å²) in [5.74, 6) is -0.862. The second-order valence-electron chi connectivity index (χ2n) is 6.76. The molecule has 0 bridgehead atoms. The van der Waals surface area contributed by atoms with Crippen molar-refractivity contribution in [1.29, 1.82) is 0 Å². The number of rotatable bonds is 7. The fourth-order valence-electron chi connectivity index (χ4n) is 3.31. The maximum absolute atomic E-state index is 12.6. The molecule has 2 amide bonds. The highest BCUT2D eigenvalue weighted by atomic mass is 16.6. The number of hydrogen-bond donors (Lipinski definition) is 1. The highest BCUT2D eigenvalue weighted by Gasteiger charge is 2.46. The number of cyclic esters (lactones) is 1. The Morgan fingerprint density at radius 2 is 2.12 bits per heavy atom. The summed E-state index contributed by atoms with van der Waals surface area (Å²) in [6, 6.07) is 6.34. The minimum absolute atomic E-state index is 0.158. The number of carbonyl (C=O) groups excluding carboxylic acids is 3. The largest absolute Gasteiger partial charge is 0.433 e. The monoisotopic (exact) mass is 360 g/mol. The summed E-state index contributed by atoms with van der Waals surface area (Å²) in [5.41, 5.74) is 1.08.